The molecule has 0 saturated heterocycles. The fraction of sp³-hybridized carbons (Fsp3) is 0.350. The Morgan fingerprint density at radius 1 is 1.13 bits per heavy atom. The first kappa shape index (κ1) is 15.6. The Morgan fingerprint density at radius 3 is 2.57 bits per heavy atom. The van der Waals surface area contributed by atoms with Gasteiger partial charge in [-0.2, -0.15) is 0 Å². The zero-order valence-electron chi connectivity index (χ0n) is 14.0. The van der Waals surface area contributed by atoms with Crippen molar-refractivity contribution in [2.75, 3.05) is 6.61 Å². The summed E-state index contributed by atoms with van der Waals surface area (Å²) in [5.74, 6) is 1.71. The summed E-state index contributed by atoms with van der Waals surface area (Å²) >= 11 is 0. The molecular formula is C20H23NO2. The van der Waals surface area contributed by atoms with Gasteiger partial charge in [-0.3, -0.25) is 0 Å². The molecule has 1 aliphatic rings. The van der Waals surface area contributed by atoms with Crippen LogP contribution >= 0.6 is 0 Å². The lowest BCUT2D eigenvalue weighted by atomic mass is 10.0. The summed E-state index contributed by atoms with van der Waals surface area (Å²) in [6, 6.07) is 14.8. The Morgan fingerprint density at radius 2 is 1.87 bits per heavy atom. The molecule has 0 aliphatic carbocycles. The van der Waals surface area contributed by atoms with Crippen LogP contribution in [0.4, 0.5) is 0 Å². The lowest BCUT2D eigenvalue weighted by molar-refractivity contribution is 0.304. The molecule has 0 spiro atoms. The predicted molar refractivity (Wildman–Crippen MR) is 93.2 cm³/mol. The summed E-state index contributed by atoms with van der Waals surface area (Å²) in [5, 5.41) is 0. The van der Waals surface area contributed by atoms with Crippen LogP contribution in [0.1, 0.15) is 29.2 Å². The Labute approximate surface area is 138 Å². The van der Waals surface area contributed by atoms with Crippen molar-refractivity contribution in [3.63, 3.8) is 0 Å². The number of hydrogen-bond donors (Lipinski definition) is 0. The van der Waals surface area contributed by atoms with E-state index < -0.39 is 0 Å². The van der Waals surface area contributed by atoms with Crippen molar-refractivity contribution in [2.45, 2.75) is 39.8 Å². The first-order valence-electron chi connectivity index (χ1n) is 8.08. The van der Waals surface area contributed by atoms with Crippen LogP contribution in [0.2, 0.25) is 0 Å². The molecule has 0 aromatic heterocycles. The van der Waals surface area contributed by atoms with E-state index >= 15 is 0 Å². The maximum absolute atomic E-state index is 6.00. The molecule has 0 bridgehead atoms. The second-order valence-corrected chi connectivity index (χ2v) is 6.17. The van der Waals surface area contributed by atoms with Crippen LogP contribution in [-0.4, -0.2) is 18.5 Å². The molecule has 0 amide bonds. The molecule has 1 aliphatic heterocycles. The van der Waals surface area contributed by atoms with Gasteiger partial charge in [0.2, 0.25) is 0 Å². The van der Waals surface area contributed by atoms with Gasteiger partial charge in [0, 0.05) is 6.42 Å². The standard InChI is InChI=1S/C20H23NO2/c1-14-6-4-7-15(2)19(14)13-22-18-9-5-8-17(10-18)11-20-21-16(3)12-23-20/h4-10,16H,11-13H2,1-3H3. The summed E-state index contributed by atoms with van der Waals surface area (Å²) in [5.41, 5.74) is 4.96. The maximum Gasteiger partial charge on any atom is 0.188 e. The van der Waals surface area contributed by atoms with E-state index in [0.717, 1.165) is 23.6 Å². The molecular weight excluding hydrogens is 286 g/mol. The molecule has 0 radical (unpaired) electrons. The van der Waals surface area contributed by atoms with Gasteiger partial charge in [-0.15, -0.1) is 0 Å². The molecule has 3 nitrogen and oxygen atoms in total. The van der Waals surface area contributed by atoms with Crippen molar-refractivity contribution < 1.29 is 9.47 Å². The highest BCUT2D eigenvalue weighted by atomic mass is 16.5. The van der Waals surface area contributed by atoms with Gasteiger partial charge in [0.25, 0.3) is 0 Å². The van der Waals surface area contributed by atoms with Crippen molar-refractivity contribution in [2.24, 2.45) is 4.99 Å². The Bertz CT molecular complexity index is 701. The smallest absolute Gasteiger partial charge is 0.188 e. The van der Waals surface area contributed by atoms with Crippen LogP contribution in [0.15, 0.2) is 47.5 Å². The zero-order valence-corrected chi connectivity index (χ0v) is 14.0. The lowest BCUT2D eigenvalue weighted by Gasteiger charge is -2.12. The summed E-state index contributed by atoms with van der Waals surface area (Å²) in [4.78, 5) is 4.48. The zero-order chi connectivity index (χ0) is 16.2. The van der Waals surface area contributed by atoms with Gasteiger partial charge in [-0.1, -0.05) is 30.3 Å². The molecule has 3 heteroatoms. The molecule has 1 unspecified atom stereocenters. The third-order valence-corrected chi connectivity index (χ3v) is 4.14. The highest BCUT2D eigenvalue weighted by Gasteiger charge is 2.14. The second kappa shape index (κ2) is 6.86. The third-order valence-electron chi connectivity index (χ3n) is 4.14. The van der Waals surface area contributed by atoms with Crippen molar-refractivity contribution in [1.82, 2.24) is 0 Å². The average Bonchev–Trinajstić information content (AvgIpc) is 2.92. The number of aliphatic imine (C=N–C) groups is 1. The monoisotopic (exact) mass is 309 g/mol. The molecule has 0 fully saturated rings. The first-order valence-corrected chi connectivity index (χ1v) is 8.08. The van der Waals surface area contributed by atoms with E-state index in [2.05, 4.69) is 56.1 Å². The first-order chi connectivity index (χ1) is 11.1. The van der Waals surface area contributed by atoms with E-state index in [-0.39, 0.29) is 6.04 Å². The number of hydrogen-bond acceptors (Lipinski definition) is 3. The topological polar surface area (TPSA) is 30.8 Å². The minimum absolute atomic E-state index is 0.272. The minimum atomic E-state index is 0.272. The molecule has 1 heterocycles. The van der Waals surface area contributed by atoms with E-state index in [4.69, 9.17) is 9.47 Å². The molecule has 0 saturated carbocycles. The molecule has 2 aromatic carbocycles. The van der Waals surface area contributed by atoms with E-state index in [9.17, 15) is 0 Å². The normalized spacial score (nSPS) is 16.8. The molecule has 2 aromatic rings. The van der Waals surface area contributed by atoms with Gasteiger partial charge in [0.1, 0.15) is 19.0 Å². The van der Waals surface area contributed by atoms with Crippen LogP contribution in [0.3, 0.4) is 0 Å². The number of aryl methyl sites for hydroxylation is 2. The molecule has 3 rings (SSSR count). The van der Waals surface area contributed by atoms with Crippen LogP contribution in [0.5, 0.6) is 5.75 Å². The molecule has 120 valence electrons. The van der Waals surface area contributed by atoms with Gasteiger partial charge in [-0.05, 0) is 55.2 Å². The van der Waals surface area contributed by atoms with Crippen molar-refractivity contribution in [3.8, 4) is 5.75 Å². The van der Waals surface area contributed by atoms with Crippen LogP contribution < -0.4 is 4.74 Å². The maximum atomic E-state index is 6.00. The van der Waals surface area contributed by atoms with Gasteiger partial charge < -0.3 is 9.47 Å². The minimum Gasteiger partial charge on any atom is -0.489 e. The fourth-order valence-electron chi connectivity index (χ4n) is 2.79. The van der Waals surface area contributed by atoms with Crippen molar-refractivity contribution >= 4 is 5.90 Å². The van der Waals surface area contributed by atoms with E-state index in [1.165, 1.54) is 16.7 Å². The Kier molecular flexibility index (Phi) is 4.65. The second-order valence-electron chi connectivity index (χ2n) is 6.17. The van der Waals surface area contributed by atoms with Gasteiger partial charge in [-0.25, -0.2) is 4.99 Å². The Balaban J connectivity index is 1.67. The van der Waals surface area contributed by atoms with E-state index in [0.29, 0.717) is 13.2 Å². The summed E-state index contributed by atoms with van der Waals surface area (Å²) in [6.07, 6.45) is 0.727. The summed E-state index contributed by atoms with van der Waals surface area (Å²) in [6.45, 7) is 7.60. The van der Waals surface area contributed by atoms with E-state index in [1.807, 2.05) is 12.1 Å². The highest BCUT2D eigenvalue weighted by Crippen LogP contribution is 2.20. The number of rotatable bonds is 5. The number of benzene rings is 2. The average molecular weight is 309 g/mol. The SMILES string of the molecule is Cc1cccc(C)c1COc1cccc(CC2=NC(C)CO2)c1. The van der Waals surface area contributed by atoms with E-state index in [1.54, 1.807) is 0 Å². The number of ether oxygens (including phenoxy) is 2. The summed E-state index contributed by atoms with van der Waals surface area (Å²) < 4.78 is 11.6. The van der Waals surface area contributed by atoms with Crippen LogP contribution in [0.25, 0.3) is 0 Å². The van der Waals surface area contributed by atoms with Crippen LogP contribution in [-0.2, 0) is 17.8 Å². The summed E-state index contributed by atoms with van der Waals surface area (Å²) in [7, 11) is 0. The largest absolute Gasteiger partial charge is 0.489 e. The van der Waals surface area contributed by atoms with Crippen molar-refractivity contribution in [3.05, 3.63) is 64.7 Å². The quantitative estimate of drug-likeness (QED) is 0.827. The fourth-order valence-corrected chi connectivity index (χ4v) is 2.79. The molecule has 23 heavy (non-hydrogen) atoms. The molecule has 1 atom stereocenters. The van der Waals surface area contributed by atoms with Crippen molar-refractivity contribution in [1.29, 1.82) is 0 Å². The highest BCUT2D eigenvalue weighted by molar-refractivity contribution is 5.80. The van der Waals surface area contributed by atoms with Crippen LogP contribution in [0, 0.1) is 13.8 Å². The molecule has 0 N–H and O–H groups in total. The lowest BCUT2D eigenvalue weighted by Crippen LogP contribution is -2.04. The van der Waals surface area contributed by atoms with Gasteiger partial charge in [0.05, 0.1) is 6.04 Å². The predicted octanol–water partition coefficient (Wildman–Crippen LogP) is 4.24. The number of nitrogens with zero attached hydrogens (tertiary/aromatic N) is 1. The van der Waals surface area contributed by atoms with Gasteiger partial charge >= 0.3 is 0 Å². The Hall–Kier alpha value is -2.29. The third kappa shape index (κ3) is 3.92. The van der Waals surface area contributed by atoms with Gasteiger partial charge in [0.15, 0.2) is 5.90 Å².